The summed E-state index contributed by atoms with van der Waals surface area (Å²) in [7, 11) is 1.66. The van der Waals surface area contributed by atoms with Crippen LogP contribution in [0.3, 0.4) is 0 Å². The molecule has 3 aromatic rings. The van der Waals surface area contributed by atoms with Crippen molar-refractivity contribution in [2.45, 2.75) is 30.8 Å². The lowest BCUT2D eigenvalue weighted by Crippen LogP contribution is -2.53. The van der Waals surface area contributed by atoms with E-state index >= 15 is 0 Å². The number of amides is 1. The van der Waals surface area contributed by atoms with E-state index in [1.165, 1.54) is 15.8 Å². The molecule has 9 nitrogen and oxygen atoms in total. The summed E-state index contributed by atoms with van der Waals surface area (Å²) in [6.45, 7) is 2.79. The van der Waals surface area contributed by atoms with E-state index < -0.39 is 16.0 Å². The Morgan fingerprint density at radius 2 is 1.84 bits per heavy atom. The first-order chi connectivity index (χ1) is 17.7. The van der Waals surface area contributed by atoms with Crippen molar-refractivity contribution in [1.82, 2.24) is 19.4 Å². The normalized spacial score (nSPS) is 18.1. The zero-order valence-corrected chi connectivity index (χ0v) is 22.6. The first-order valence-electron chi connectivity index (χ1n) is 11.9. The first-order valence-corrected chi connectivity index (χ1v) is 13.8. The Kier molecular flexibility index (Phi) is 7.30. The Balaban J connectivity index is 1.29. The van der Waals surface area contributed by atoms with Gasteiger partial charge in [0.15, 0.2) is 0 Å². The molecule has 2 aliphatic rings. The van der Waals surface area contributed by atoms with Gasteiger partial charge in [0.2, 0.25) is 5.91 Å². The molecule has 1 unspecified atom stereocenters. The number of anilines is 1. The van der Waals surface area contributed by atoms with E-state index in [0.717, 1.165) is 11.3 Å². The molecule has 0 N–H and O–H groups in total. The van der Waals surface area contributed by atoms with Gasteiger partial charge in [-0.05, 0) is 59.8 Å². The van der Waals surface area contributed by atoms with Crippen LogP contribution in [0, 0.1) is 0 Å². The van der Waals surface area contributed by atoms with E-state index in [1.807, 2.05) is 11.0 Å². The number of fused-ring (bicyclic) bond motifs is 1. The highest BCUT2D eigenvalue weighted by Crippen LogP contribution is 2.44. The van der Waals surface area contributed by atoms with Gasteiger partial charge in [0.25, 0.3) is 5.56 Å². The maximum atomic E-state index is 13.3. The highest BCUT2D eigenvalue weighted by Gasteiger charge is 2.50. The summed E-state index contributed by atoms with van der Waals surface area (Å²) in [5.74, 6) is -0.244. The monoisotopic (exact) mass is 562 g/mol. The molecule has 1 aromatic heterocycles. The van der Waals surface area contributed by atoms with Gasteiger partial charge in [-0.25, -0.2) is 4.98 Å². The maximum Gasteiger partial charge on any atom is 0.261 e. The summed E-state index contributed by atoms with van der Waals surface area (Å²) < 4.78 is 24.6. The number of benzene rings is 2. The Labute approximate surface area is 226 Å². The lowest BCUT2D eigenvalue weighted by Gasteiger charge is -2.41. The third kappa shape index (κ3) is 5.26. The summed E-state index contributed by atoms with van der Waals surface area (Å²) in [5.41, 5.74) is 1.97. The van der Waals surface area contributed by atoms with Gasteiger partial charge in [-0.3, -0.25) is 23.3 Å². The first kappa shape index (κ1) is 26.1. The van der Waals surface area contributed by atoms with E-state index in [1.54, 1.807) is 37.4 Å². The van der Waals surface area contributed by atoms with Crippen molar-refractivity contribution in [2.75, 3.05) is 38.1 Å². The predicted molar refractivity (Wildman–Crippen MR) is 144 cm³/mol. The molecule has 196 valence electrons. The zero-order valence-electron chi connectivity index (χ0n) is 20.2. The quantitative estimate of drug-likeness (QED) is 0.408. The number of aromatic nitrogens is 2. The van der Waals surface area contributed by atoms with E-state index in [9.17, 15) is 18.4 Å². The summed E-state index contributed by atoms with van der Waals surface area (Å²) in [6, 6.07) is 10.7. The van der Waals surface area contributed by atoms with Crippen molar-refractivity contribution in [2.24, 2.45) is 0 Å². The molecule has 2 aromatic carbocycles. The van der Waals surface area contributed by atoms with Crippen LogP contribution in [0.15, 0.2) is 47.5 Å². The minimum atomic E-state index is -2.10. The molecule has 0 spiro atoms. The van der Waals surface area contributed by atoms with Gasteiger partial charge in [-0.2, -0.15) is 0 Å². The van der Waals surface area contributed by atoms with Gasteiger partial charge in [-0.1, -0.05) is 29.3 Å². The third-order valence-corrected chi connectivity index (χ3v) is 9.18. The molecular weight excluding hydrogens is 537 g/mol. The topological polar surface area (TPSA) is 102 Å². The Morgan fingerprint density at radius 3 is 2.49 bits per heavy atom. The molecule has 5 rings (SSSR count). The Hall–Kier alpha value is -2.50. The molecule has 1 aliphatic heterocycles. The number of halogens is 2. The Bertz CT molecular complexity index is 1440. The standard InChI is InChI=1S/C25H27Cl2N5O4S/c1-29(14-17-2-4-20(26)21(27)12-17)23(33)15-31-16-28-22-5-3-18(13-19(22)24(31)34)30-8-10-32(11-9-30)25(6-7-25)37(35)36/h2-5,12-13,16H,6-11,14-15H2,1H3,(H,35,36)/p-1. The number of piperazine rings is 1. The second kappa shape index (κ2) is 10.3. The van der Waals surface area contributed by atoms with Crippen molar-refractivity contribution in [3.05, 3.63) is 68.7 Å². The van der Waals surface area contributed by atoms with Gasteiger partial charge in [0, 0.05) is 45.5 Å². The van der Waals surface area contributed by atoms with Crippen molar-refractivity contribution in [3.8, 4) is 0 Å². The number of carbonyl (C=O) groups is 1. The van der Waals surface area contributed by atoms with Crippen molar-refractivity contribution < 1.29 is 13.6 Å². The lowest BCUT2D eigenvalue weighted by atomic mass is 10.2. The molecule has 1 amide bonds. The van der Waals surface area contributed by atoms with E-state index in [2.05, 4.69) is 9.88 Å². The molecule has 1 saturated heterocycles. The van der Waals surface area contributed by atoms with Crippen LogP contribution in [-0.2, 0) is 29.0 Å². The minimum Gasteiger partial charge on any atom is -0.771 e. The maximum absolute atomic E-state index is 13.3. The van der Waals surface area contributed by atoms with Gasteiger partial charge >= 0.3 is 0 Å². The molecule has 2 heterocycles. The van der Waals surface area contributed by atoms with Crippen LogP contribution >= 0.6 is 23.2 Å². The van der Waals surface area contributed by atoms with Crippen molar-refractivity contribution >= 4 is 56.8 Å². The smallest absolute Gasteiger partial charge is 0.261 e. The number of likely N-dealkylation sites (N-methyl/N-ethyl adjacent to an activating group) is 1. The van der Waals surface area contributed by atoms with E-state index in [0.29, 0.717) is 66.5 Å². The largest absolute Gasteiger partial charge is 0.771 e. The second-order valence-corrected chi connectivity index (χ2v) is 11.6. The highest BCUT2D eigenvalue weighted by molar-refractivity contribution is 7.80. The lowest BCUT2D eigenvalue weighted by molar-refractivity contribution is -0.131. The Morgan fingerprint density at radius 1 is 1.11 bits per heavy atom. The molecule has 0 bridgehead atoms. The van der Waals surface area contributed by atoms with Crippen LogP contribution < -0.4 is 10.5 Å². The van der Waals surface area contributed by atoms with Crippen LogP contribution in [0.4, 0.5) is 5.69 Å². The molecule has 1 atom stereocenters. The molecule has 2 fully saturated rings. The van der Waals surface area contributed by atoms with Gasteiger partial charge < -0.3 is 14.4 Å². The fourth-order valence-corrected chi connectivity index (χ4v) is 5.94. The fraction of sp³-hybridized carbons (Fsp3) is 0.400. The summed E-state index contributed by atoms with van der Waals surface area (Å²) in [5, 5.41) is 1.29. The summed E-state index contributed by atoms with van der Waals surface area (Å²) >= 11 is 9.94. The van der Waals surface area contributed by atoms with Gasteiger partial charge in [0.05, 0.1) is 32.1 Å². The average molecular weight is 563 g/mol. The van der Waals surface area contributed by atoms with E-state index in [-0.39, 0.29) is 18.0 Å². The van der Waals surface area contributed by atoms with Crippen LogP contribution in [0.2, 0.25) is 10.0 Å². The fourth-order valence-electron chi connectivity index (χ4n) is 4.79. The average Bonchev–Trinajstić information content (AvgIpc) is 3.70. The van der Waals surface area contributed by atoms with Crippen LogP contribution in [0.5, 0.6) is 0 Å². The number of rotatable bonds is 7. The minimum absolute atomic E-state index is 0.142. The number of nitrogens with zero attached hydrogens (tertiary/aromatic N) is 5. The van der Waals surface area contributed by atoms with Crippen molar-refractivity contribution in [1.29, 1.82) is 0 Å². The van der Waals surface area contributed by atoms with Crippen LogP contribution in [-0.4, -0.2) is 72.1 Å². The highest BCUT2D eigenvalue weighted by atomic mass is 35.5. The number of hydrogen-bond acceptors (Lipinski definition) is 7. The molecule has 1 aliphatic carbocycles. The van der Waals surface area contributed by atoms with Gasteiger partial charge in [0.1, 0.15) is 6.54 Å². The van der Waals surface area contributed by atoms with E-state index in [4.69, 9.17) is 23.2 Å². The third-order valence-electron chi connectivity index (χ3n) is 7.15. The number of hydrogen-bond donors (Lipinski definition) is 0. The zero-order chi connectivity index (χ0) is 26.3. The summed E-state index contributed by atoms with van der Waals surface area (Å²) in [6.07, 6.45) is 2.77. The molecule has 0 radical (unpaired) electrons. The second-order valence-electron chi connectivity index (χ2n) is 9.53. The van der Waals surface area contributed by atoms with Crippen LogP contribution in [0.1, 0.15) is 18.4 Å². The SMILES string of the molecule is CN(Cc1ccc(Cl)c(Cl)c1)C(=O)Cn1cnc2ccc(N3CCN(C4(S(=O)[O-])CC4)CC3)cc2c1=O. The number of carbonyl (C=O) groups excluding carboxylic acids is 1. The van der Waals surface area contributed by atoms with Crippen LogP contribution in [0.25, 0.3) is 10.9 Å². The molecule has 37 heavy (non-hydrogen) atoms. The van der Waals surface area contributed by atoms with Gasteiger partial charge in [-0.15, -0.1) is 0 Å². The predicted octanol–water partition coefficient (Wildman–Crippen LogP) is 2.85. The van der Waals surface area contributed by atoms with Crippen molar-refractivity contribution in [3.63, 3.8) is 0 Å². The molecular formula is C25H26Cl2N5O4S-. The molecule has 1 saturated carbocycles. The molecule has 12 heteroatoms. The summed E-state index contributed by atoms with van der Waals surface area (Å²) in [4.78, 5) is 35.5.